The first-order valence-electron chi connectivity index (χ1n) is 5.17. The number of β-amino-alcohol motifs (C(OH)–C–C–N with tert-alkyl or cyclic N) is 1. The van der Waals surface area contributed by atoms with E-state index in [1.165, 1.54) is 16.8 Å². The molecule has 0 amide bonds. The van der Waals surface area contributed by atoms with Crippen molar-refractivity contribution in [2.75, 3.05) is 13.1 Å². The Balaban J connectivity index is 2.17. The zero-order valence-electron chi connectivity index (χ0n) is 8.85. The Bertz CT molecular complexity index is 305. The minimum absolute atomic E-state index is 0.530. The monoisotopic (exact) mass is 194 g/mol. The highest BCUT2D eigenvalue weighted by molar-refractivity contribution is 5.30. The molecule has 1 aliphatic heterocycles. The highest BCUT2D eigenvalue weighted by atomic mass is 16.3. The number of hydrogen-bond acceptors (Lipinski definition) is 2. The van der Waals surface area contributed by atoms with E-state index < -0.39 is 5.60 Å². The smallest absolute Gasteiger partial charge is 0.0824 e. The van der Waals surface area contributed by atoms with Crippen LogP contribution in [0.4, 0.5) is 0 Å². The van der Waals surface area contributed by atoms with Crippen molar-refractivity contribution >= 4 is 0 Å². The predicted molar refractivity (Wildman–Crippen MR) is 56.4 cm³/mol. The number of aliphatic hydroxyl groups is 1. The molecule has 0 aromatic carbocycles. The van der Waals surface area contributed by atoms with E-state index in [1.54, 1.807) is 0 Å². The Morgan fingerprint density at radius 3 is 2.79 bits per heavy atom. The number of hydrogen-bond donors (Lipinski definition) is 3. The number of nitrogens with one attached hydrogen (secondary N) is 2. The van der Waals surface area contributed by atoms with Crippen LogP contribution < -0.4 is 5.32 Å². The number of aromatic amines is 1. The third kappa shape index (κ3) is 1.70. The molecule has 2 heterocycles. The van der Waals surface area contributed by atoms with Crippen molar-refractivity contribution in [3.63, 3.8) is 0 Å². The van der Waals surface area contributed by atoms with E-state index in [9.17, 15) is 5.11 Å². The van der Waals surface area contributed by atoms with Crippen LogP contribution in [-0.2, 0) is 6.42 Å². The maximum atomic E-state index is 10.2. The molecule has 0 radical (unpaired) electrons. The van der Waals surface area contributed by atoms with Crippen molar-refractivity contribution in [1.82, 2.24) is 10.3 Å². The minimum atomic E-state index is -0.530. The van der Waals surface area contributed by atoms with E-state index in [0.717, 1.165) is 25.9 Å². The van der Waals surface area contributed by atoms with Gasteiger partial charge in [-0.3, -0.25) is 0 Å². The van der Waals surface area contributed by atoms with Crippen LogP contribution in [0.2, 0.25) is 0 Å². The molecule has 0 saturated carbocycles. The van der Waals surface area contributed by atoms with Gasteiger partial charge in [0, 0.05) is 24.9 Å². The van der Waals surface area contributed by atoms with E-state index in [1.807, 2.05) is 6.20 Å². The summed E-state index contributed by atoms with van der Waals surface area (Å²) in [7, 11) is 0. The Morgan fingerprint density at radius 1 is 1.50 bits per heavy atom. The molecule has 1 fully saturated rings. The van der Waals surface area contributed by atoms with Gasteiger partial charge in [0.2, 0.25) is 0 Å². The van der Waals surface area contributed by atoms with E-state index in [0.29, 0.717) is 0 Å². The molecule has 3 N–H and O–H groups in total. The molecule has 1 atom stereocenters. The van der Waals surface area contributed by atoms with Crippen LogP contribution in [0.15, 0.2) is 6.20 Å². The van der Waals surface area contributed by atoms with Crippen LogP contribution in [0, 0.1) is 13.8 Å². The Morgan fingerprint density at radius 2 is 2.29 bits per heavy atom. The van der Waals surface area contributed by atoms with Crippen molar-refractivity contribution in [3.05, 3.63) is 23.0 Å². The summed E-state index contributed by atoms with van der Waals surface area (Å²) in [4.78, 5) is 3.20. The number of rotatable bonds is 2. The summed E-state index contributed by atoms with van der Waals surface area (Å²) in [6.07, 6.45) is 3.63. The summed E-state index contributed by atoms with van der Waals surface area (Å²) in [6, 6.07) is 0. The van der Waals surface area contributed by atoms with Gasteiger partial charge >= 0.3 is 0 Å². The van der Waals surface area contributed by atoms with E-state index in [-0.39, 0.29) is 0 Å². The normalized spacial score (nSPS) is 27.1. The van der Waals surface area contributed by atoms with Gasteiger partial charge in [-0.15, -0.1) is 0 Å². The second-order valence-corrected chi connectivity index (χ2v) is 4.40. The molecule has 1 aliphatic rings. The summed E-state index contributed by atoms with van der Waals surface area (Å²) >= 11 is 0. The van der Waals surface area contributed by atoms with Crippen molar-refractivity contribution in [3.8, 4) is 0 Å². The van der Waals surface area contributed by atoms with Gasteiger partial charge in [-0.2, -0.15) is 0 Å². The Kier molecular flexibility index (Phi) is 2.37. The molecule has 14 heavy (non-hydrogen) atoms. The molecular weight excluding hydrogens is 176 g/mol. The van der Waals surface area contributed by atoms with Crippen molar-refractivity contribution in [2.24, 2.45) is 0 Å². The quantitative estimate of drug-likeness (QED) is 0.655. The maximum Gasteiger partial charge on any atom is 0.0824 e. The largest absolute Gasteiger partial charge is 0.388 e. The highest BCUT2D eigenvalue weighted by Crippen LogP contribution is 2.24. The van der Waals surface area contributed by atoms with E-state index >= 15 is 0 Å². The third-order valence-corrected chi connectivity index (χ3v) is 3.16. The van der Waals surface area contributed by atoms with Crippen LogP contribution >= 0.6 is 0 Å². The lowest BCUT2D eigenvalue weighted by atomic mass is 9.92. The van der Waals surface area contributed by atoms with Crippen molar-refractivity contribution in [2.45, 2.75) is 32.3 Å². The predicted octanol–water partition coefficient (Wildman–Crippen LogP) is 0.898. The van der Waals surface area contributed by atoms with Gasteiger partial charge in [-0.05, 0) is 37.9 Å². The first kappa shape index (κ1) is 9.74. The molecule has 3 heteroatoms. The van der Waals surface area contributed by atoms with Crippen LogP contribution in [0.5, 0.6) is 0 Å². The van der Waals surface area contributed by atoms with Gasteiger partial charge in [0.1, 0.15) is 0 Å². The first-order chi connectivity index (χ1) is 6.61. The maximum absolute atomic E-state index is 10.2. The van der Waals surface area contributed by atoms with E-state index in [4.69, 9.17) is 0 Å². The first-order valence-corrected chi connectivity index (χ1v) is 5.17. The molecule has 1 saturated heterocycles. The SMILES string of the molecule is Cc1c[nH]c(C)c1CC1(O)CCNC1. The fourth-order valence-corrected chi connectivity index (χ4v) is 2.17. The van der Waals surface area contributed by atoms with Gasteiger partial charge in [0.25, 0.3) is 0 Å². The number of aromatic nitrogens is 1. The molecule has 0 spiro atoms. The van der Waals surface area contributed by atoms with Gasteiger partial charge < -0.3 is 15.4 Å². The van der Waals surface area contributed by atoms with Gasteiger partial charge in [-0.1, -0.05) is 0 Å². The standard InChI is InChI=1S/C11H18N2O/c1-8-6-13-9(2)10(8)5-11(14)3-4-12-7-11/h6,12-14H,3-5,7H2,1-2H3. The molecule has 3 nitrogen and oxygen atoms in total. The summed E-state index contributed by atoms with van der Waals surface area (Å²) in [5.41, 5.74) is 3.18. The summed E-state index contributed by atoms with van der Waals surface area (Å²) in [6.45, 7) is 5.80. The second-order valence-electron chi connectivity index (χ2n) is 4.40. The summed E-state index contributed by atoms with van der Waals surface area (Å²) in [5.74, 6) is 0. The Labute approximate surface area is 84.5 Å². The number of aryl methyl sites for hydroxylation is 2. The lowest BCUT2D eigenvalue weighted by Gasteiger charge is -2.21. The van der Waals surface area contributed by atoms with Crippen molar-refractivity contribution in [1.29, 1.82) is 0 Å². The average molecular weight is 194 g/mol. The molecule has 1 aromatic heterocycles. The van der Waals surface area contributed by atoms with Gasteiger partial charge in [-0.25, -0.2) is 0 Å². The minimum Gasteiger partial charge on any atom is -0.388 e. The van der Waals surface area contributed by atoms with Gasteiger partial charge in [0.05, 0.1) is 5.60 Å². The van der Waals surface area contributed by atoms with Crippen LogP contribution in [0.3, 0.4) is 0 Å². The fourth-order valence-electron chi connectivity index (χ4n) is 2.17. The van der Waals surface area contributed by atoms with Crippen molar-refractivity contribution < 1.29 is 5.11 Å². The second kappa shape index (κ2) is 3.41. The molecule has 2 rings (SSSR count). The highest BCUT2D eigenvalue weighted by Gasteiger charge is 2.32. The zero-order valence-corrected chi connectivity index (χ0v) is 8.85. The average Bonchev–Trinajstić information content (AvgIpc) is 2.68. The number of H-pyrrole nitrogens is 1. The Hall–Kier alpha value is -0.800. The van der Waals surface area contributed by atoms with E-state index in [2.05, 4.69) is 24.1 Å². The topological polar surface area (TPSA) is 48.0 Å². The van der Waals surface area contributed by atoms with Crippen LogP contribution in [-0.4, -0.2) is 28.8 Å². The molecule has 0 aliphatic carbocycles. The summed E-state index contributed by atoms with van der Waals surface area (Å²) < 4.78 is 0. The molecule has 0 bridgehead atoms. The fraction of sp³-hybridized carbons (Fsp3) is 0.636. The van der Waals surface area contributed by atoms with Crippen LogP contribution in [0.25, 0.3) is 0 Å². The lowest BCUT2D eigenvalue weighted by molar-refractivity contribution is 0.0616. The lowest BCUT2D eigenvalue weighted by Crippen LogP contribution is -2.34. The van der Waals surface area contributed by atoms with Crippen LogP contribution in [0.1, 0.15) is 23.2 Å². The van der Waals surface area contributed by atoms with Gasteiger partial charge in [0.15, 0.2) is 0 Å². The zero-order chi connectivity index (χ0) is 10.2. The molecular formula is C11H18N2O. The molecule has 1 aromatic rings. The third-order valence-electron chi connectivity index (χ3n) is 3.16. The summed E-state index contributed by atoms with van der Waals surface area (Å²) in [5, 5.41) is 13.4. The molecule has 1 unspecified atom stereocenters. The molecule has 78 valence electrons.